The summed E-state index contributed by atoms with van der Waals surface area (Å²) in [4.78, 5) is 12.0. The van der Waals surface area contributed by atoms with Crippen LogP contribution in [0.5, 0.6) is 0 Å². The van der Waals surface area contributed by atoms with Gasteiger partial charge in [0.1, 0.15) is 0 Å². The third kappa shape index (κ3) is 3.97. The van der Waals surface area contributed by atoms with E-state index >= 15 is 0 Å². The molecule has 6 rings (SSSR count). The van der Waals surface area contributed by atoms with Gasteiger partial charge in [0.2, 0.25) is 0 Å². The highest BCUT2D eigenvalue weighted by Crippen LogP contribution is 2.89. The van der Waals surface area contributed by atoms with Crippen LogP contribution in [-0.4, -0.2) is 67.0 Å². The van der Waals surface area contributed by atoms with Crippen molar-refractivity contribution in [3.8, 4) is 0 Å². The summed E-state index contributed by atoms with van der Waals surface area (Å²) in [7, 11) is -3.54. The molecule has 5 saturated carbocycles. The van der Waals surface area contributed by atoms with Crippen LogP contribution >= 0.6 is 0 Å². The summed E-state index contributed by atoms with van der Waals surface area (Å²) in [5.41, 5.74) is -1.64. The van der Waals surface area contributed by atoms with Crippen LogP contribution in [-0.2, 0) is 28.6 Å². The molecule has 0 bridgehead atoms. The highest BCUT2D eigenvalue weighted by atomic mass is 32.2. The molecule has 6 fully saturated rings. The Morgan fingerprint density at radius 3 is 2.24 bits per heavy atom. The van der Waals surface area contributed by atoms with Crippen molar-refractivity contribution in [1.29, 1.82) is 0 Å². The molecule has 0 radical (unpaired) electrons. The average Bonchev–Trinajstić information content (AvgIpc) is 3.48. The molecule has 1 saturated heterocycles. The maximum atomic E-state index is 12.4. The van der Waals surface area contributed by atoms with Crippen molar-refractivity contribution in [2.75, 3.05) is 6.26 Å². The fraction of sp³-hybridized carbons (Fsp3) is 0.970. The molecule has 8 nitrogen and oxygen atoms in total. The molecule has 0 aromatic heterocycles. The number of rotatable bonds is 5. The van der Waals surface area contributed by atoms with Gasteiger partial charge < -0.3 is 19.7 Å². The summed E-state index contributed by atoms with van der Waals surface area (Å²) in [6.45, 7) is 16.1. The predicted octanol–water partition coefficient (Wildman–Crippen LogP) is 4.85. The van der Waals surface area contributed by atoms with E-state index in [4.69, 9.17) is 13.7 Å². The molecule has 0 amide bonds. The molecule has 9 heteroatoms. The van der Waals surface area contributed by atoms with Crippen molar-refractivity contribution in [3.05, 3.63) is 0 Å². The van der Waals surface area contributed by atoms with Gasteiger partial charge in [-0.2, -0.15) is 8.42 Å². The lowest BCUT2D eigenvalue weighted by Gasteiger charge is -2.63. The zero-order chi connectivity index (χ0) is 31.1. The molecule has 1 heterocycles. The highest BCUT2D eigenvalue weighted by molar-refractivity contribution is 7.86. The number of fused-ring (bicyclic) bond motifs is 4. The van der Waals surface area contributed by atoms with E-state index in [0.717, 1.165) is 51.2 Å². The first kappa shape index (κ1) is 31.3. The number of esters is 1. The van der Waals surface area contributed by atoms with Crippen molar-refractivity contribution >= 4 is 16.1 Å². The summed E-state index contributed by atoms with van der Waals surface area (Å²) < 4.78 is 42.3. The minimum Gasteiger partial charge on any atom is -0.457 e. The number of ether oxygens (including phenoxy) is 2. The van der Waals surface area contributed by atoms with E-state index in [1.54, 1.807) is 13.8 Å². The molecule has 2 N–H and O–H groups in total. The first-order valence-corrected chi connectivity index (χ1v) is 18.1. The van der Waals surface area contributed by atoms with Crippen LogP contribution in [0.4, 0.5) is 0 Å². The molecular formula is C33H54O8S. The number of carbonyl (C=O) groups is 1. The third-order valence-electron chi connectivity index (χ3n) is 14.4. The van der Waals surface area contributed by atoms with Gasteiger partial charge in [-0.05, 0) is 111 Å². The SMILES string of the molecule is CC(=O)O[C@@H]([C@H]1C[C@@H](C)[C@H]2[C@H](O1)[C@H](O)[C@@]1(C)[C@@H]3CC[C@H]4C(C)(C)[C@@H](OS(C)(=O)=O)CC[C@@]45C[C@@]35CC[C@]21C)C(C)(C)O. The van der Waals surface area contributed by atoms with Gasteiger partial charge in [-0.15, -0.1) is 0 Å². The van der Waals surface area contributed by atoms with E-state index in [-0.39, 0.29) is 51.1 Å². The molecule has 6 aliphatic rings. The smallest absolute Gasteiger partial charge is 0.303 e. The fourth-order valence-corrected chi connectivity index (χ4v) is 13.5. The molecule has 1 aliphatic heterocycles. The largest absolute Gasteiger partial charge is 0.457 e. The Labute approximate surface area is 252 Å². The Morgan fingerprint density at radius 1 is 1.02 bits per heavy atom. The van der Waals surface area contributed by atoms with Gasteiger partial charge in [-0.25, -0.2) is 0 Å². The van der Waals surface area contributed by atoms with Crippen LogP contribution in [0.15, 0.2) is 0 Å². The maximum Gasteiger partial charge on any atom is 0.303 e. The number of aliphatic hydroxyl groups excluding tert-OH is 1. The Kier molecular flexibility index (Phi) is 6.82. The Bertz CT molecular complexity index is 1240. The zero-order valence-corrected chi connectivity index (χ0v) is 27.9. The highest BCUT2D eigenvalue weighted by Gasteiger charge is 2.84. The third-order valence-corrected chi connectivity index (χ3v) is 15.0. The summed E-state index contributed by atoms with van der Waals surface area (Å²) in [5, 5.41) is 23.3. The van der Waals surface area contributed by atoms with Crippen LogP contribution in [0.1, 0.15) is 107 Å². The van der Waals surface area contributed by atoms with Crippen molar-refractivity contribution in [2.45, 2.75) is 143 Å². The normalized spacial score (nSPS) is 51.7. The standard InChI is InChI=1S/C33H54O8S/c1-18-16-20(27(29(5,6)36)39-19(2)34)40-25-24(18)30(7)14-15-33-17-32(33)13-12-23(41-42(9,37)38)28(3,4)21(32)10-11-22(33)31(30,8)26(25)35/h18,20-27,35-36H,10-17H2,1-9H3/t18-,20-,21+,22+,23+,24+,25+,26+,27+,30-,31-,32-,33+/m1/s1. The summed E-state index contributed by atoms with van der Waals surface area (Å²) in [6.07, 6.45) is 6.29. The lowest BCUT2D eigenvalue weighted by atomic mass is 9.41. The number of hydrogen-bond acceptors (Lipinski definition) is 8. The van der Waals surface area contributed by atoms with Crippen LogP contribution in [0.3, 0.4) is 0 Å². The lowest BCUT2D eigenvalue weighted by Crippen LogP contribution is -2.60. The van der Waals surface area contributed by atoms with Crippen molar-refractivity contribution < 1.29 is 37.1 Å². The number of aliphatic hydroxyl groups is 2. The Hall–Kier alpha value is -0.740. The molecule has 2 spiro atoms. The molecule has 0 aromatic rings. The fourth-order valence-electron chi connectivity index (χ4n) is 12.7. The van der Waals surface area contributed by atoms with Gasteiger partial charge in [0.25, 0.3) is 10.1 Å². The molecule has 13 atom stereocenters. The molecular weight excluding hydrogens is 556 g/mol. The van der Waals surface area contributed by atoms with E-state index in [2.05, 4.69) is 34.6 Å². The molecule has 0 unspecified atom stereocenters. The summed E-state index contributed by atoms with van der Waals surface area (Å²) in [6, 6.07) is 0. The molecule has 5 aliphatic carbocycles. The van der Waals surface area contributed by atoms with Crippen LogP contribution in [0.2, 0.25) is 0 Å². The van der Waals surface area contributed by atoms with Gasteiger partial charge in [0.15, 0.2) is 6.10 Å². The summed E-state index contributed by atoms with van der Waals surface area (Å²) >= 11 is 0. The van der Waals surface area contributed by atoms with E-state index in [1.807, 2.05) is 0 Å². The monoisotopic (exact) mass is 610 g/mol. The van der Waals surface area contributed by atoms with Crippen LogP contribution in [0, 0.1) is 50.7 Å². The van der Waals surface area contributed by atoms with Crippen LogP contribution < -0.4 is 0 Å². The van der Waals surface area contributed by atoms with E-state index in [1.165, 1.54) is 6.92 Å². The van der Waals surface area contributed by atoms with Crippen LogP contribution in [0.25, 0.3) is 0 Å². The first-order valence-electron chi connectivity index (χ1n) is 16.3. The maximum absolute atomic E-state index is 12.4. The Morgan fingerprint density at radius 2 is 1.64 bits per heavy atom. The van der Waals surface area contributed by atoms with Gasteiger partial charge >= 0.3 is 5.97 Å². The number of carbonyl (C=O) groups excluding carboxylic acids is 1. The topological polar surface area (TPSA) is 119 Å². The quantitative estimate of drug-likeness (QED) is 0.335. The van der Waals surface area contributed by atoms with Gasteiger partial charge in [-0.3, -0.25) is 8.98 Å². The minimum absolute atomic E-state index is 0.105. The summed E-state index contributed by atoms with van der Waals surface area (Å²) in [5.74, 6) is 0.714. The van der Waals surface area contributed by atoms with Gasteiger partial charge in [0, 0.05) is 12.3 Å². The van der Waals surface area contributed by atoms with E-state index in [9.17, 15) is 23.4 Å². The van der Waals surface area contributed by atoms with Crippen molar-refractivity contribution in [2.24, 2.45) is 50.7 Å². The van der Waals surface area contributed by atoms with Crippen molar-refractivity contribution in [1.82, 2.24) is 0 Å². The van der Waals surface area contributed by atoms with E-state index < -0.39 is 40.0 Å². The van der Waals surface area contributed by atoms with E-state index in [0.29, 0.717) is 18.3 Å². The number of hydrogen-bond donors (Lipinski definition) is 2. The predicted molar refractivity (Wildman–Crippen MR) is 158 cm³/mol. The van der Waals surface area contributed by atoms with Gasteiger partial charge in [0.05, 0.1) is 36.3 Å². The minimum atomic E-state index is -3.54. The Balaban J connectivity index is 1.32. The molecule has 42 heavy (non-hydrogen) atoms. The zero-order valence-electron chi connectivity index (χ0n) is 27.1. The second-order valence-electron chi connectivity index (χ2n) is 17.0. The lowest BCUT2D eigenvalue weighted by molar-refractivity contribution is -0.216. The second-order valence-corrected chi connectivity index (χ2v) is 18.6. The first-order chi connectivity index (χ1) is 19.2. The van der Waals surface area contributed by atoms with Crippen molar-refractivity contribution in [3.63, 3.8) is 0 Å². The molecule has 0 aromatic carbocycles. The van der Waals surface area contributed by atoms with Gasteiger partial charge in [-0.1, -0.05) is 34.6 Å². The molecule has 240 valence electrons. The average molecular weight is 611 g/mol. The second kappa shape index (κ2) is 9.17.